The standard InChI is InChI=1S/C15H21ClN2/c16-14-4-3-13(11-17-14)18-12-5-9-15(10-6-12)7-1-2-8-15/h3-4,11-12,18H,1-2,5-10H2. The smallest absolute Gasteiger partial charge is 0.129 e. The van der Waals surface area contributed by atoms with Crippen molar-refractivity contribution in [3.05, 3.63) is 23.5 Å². The van der Waals surface area contributed by atoms with E-state index in [1.54, 1.807) is 0 Å². The van der Waals surface area contributed by atoms with Gasteiger partial charge in [-0.3, -0.25) is 0 Å². The number of rotatable bonds is 2. The first-order valence-corrected chi connectivity index (χ1v) is 7.52. The Kier molecular flexibility index (Phi) is 3.47. The third-order valence-corrected chi connectivity index (χ3v) is 5.03. The predicted octanol–water partition coefficient (Wildman–Crippen LogP) is 4.65. The fourth-order valence-corrected chi connectivity index (χ4v) is 3.81. The van der Waals surface area contributed by atoms with Gasteiger partial charge in [0.05, 0.1) is 11.9 Å². The minimum atomic E-state index is 0.564. The van der Waals surface area contributed by atoms with Gasteiger partial charge in [0.2, 0.25) is 0 Å². The van der Waals surface area contributed by atoms with Crippen molar-refractivity contribution in [2.75, 3.05) is 5.32 Å². The van der Waals surface area contributed by atoms with Crippen molar-refractivity contribution in [2.24, 2.45) is 5.41 Å². The zero-order valence-electron chi connectivity index (χ0n) is 10.8. The quantitative estimate of drug-likeness (QED) is 0.787. The zero-order chi connectivity index (χ0) is 12.4. The zero-order valence-corrected chi connectivity index (χ0v) is 11.5. The van der Waals surface area contributed by atoms with E-state index in [1.165, 1.54) is 51.4 Å². The van der Waals surface area contributed by atoms with Crippen LogP contribution >= 0.6 is 11.6 Å². The maximum Gasteiger partial charge on any atom is 0.129 e. The van der Waals surface area contributed by atoms with E-state index in [1.807, 2.05) is 18.3 Å². The molecule has 1 aromatic rings. The fourth-order valence-electron chi connectivity index (χ4n) is 3.70. The molecule has 0 unspecified atom stereocenters. The molecule has 98 valence electrons. The van der Waals surface area contributed by atoms with Gasteiger partial charge in [-0.15, -0.1) is 0 Å². The van der Waals surface area contributed by atoms with Crippen molar-refractivity contribution in [2.45, 2.75) is 57.4 Å². The number of nitrogens with zero attached hydrogens (tertiary/aromatic N) is 1. The number of pyridine rings is 1. The van der Waals surface area contributed by atoms with Crippen LogP contribution < -0.4 is 5.32 Å². The fraction of sp³-hybridized carbons (Fsp3) is 0.667. The maximum atomic E-state index is 5.80. The first kappa shape index (κ1) is 12.3. The molecule has 0 radical (unpaired) electrons. The highest BCUT2D eigenvalue weighted by Crippen LogP contribution is 2.49. The Balaban J connectivity index is 1.55. The first-order chi connectivity index (χ1) is 8.76. The Bertz CT molecular complexity index is 385. The van der Waals surface area contributed by atoms with Crippen LogP contribution in [0.4, 0.5) is 5.69 Å². The van der Waals surface area contributed by atoms with Crippen LogP contribution in [-0.2, 0) is 0 Å². The van der Waals surface area contributed by atoms with Crippen molar-refractivity contribution in [1.29, 1.82) is 0 Å². The van der Waals surface area contributed by atoms with E-state index < -0.39 is 0 Å². The summed E-state index contributed by atoms with van der Waals surface area (Å²) in [5, 5.41) is 4.16. The molecule has 0 bridgehead atoms. The number of hydrogen-bond acceptors (Lipinski definition) is 2. The molecule has 0 aliphatic heterocycles. The minimum absolute atomic E-state index is 0.564. The van der Waals surface area contributed by atoms with Gasteiger partial charge in [0.1, 0.15) is 5.15 Å². The highest BCUT2D eigenvalue weighted by molar-refractivity contribution is 6.29. The van der Waals surface area contributed by atoms with Crippen molar-refractivity contribution in [3.8, 4) is 0 Å². The minimum Gasteiger partial charge on any atom is -0.381 e. The van der Waals surface area contributed by atoms with Crippen LogP contribution in [0, 0.1) is 5.41 Å². The normalized spacial score (nSPS) is 23.4. The Morgan fingerprint density at radius 3 is 2.44 bits per heavy atom. The third-order valence-electron chi connectivity index (χ3n) is 4.81. The van der Waals surface area contributed by atoms with Gasteiger partial charge >= 0.3 is 0 Å². The van der Waals surface area contributed by atoms with Gasteiger partial charge in [0.15, 0.2) is 0 Å². The number of nitrogens with one attached hydrogen (secondary N) is 1. The Labute approximate surface area is 114 Å². The Morgan fingerprint density at radius 2 is 1.83 bits per heavy atom. The summed E-state index contributed by atoms with van der Waals surface area (Å²) >= 11 is 5.80. The second-order valence-electron chi connectivity index (χ2n) is 6.00. The Morgan fingerprint density at radius 1 is 1.11 bits per heavy atom. The van der Waals surface area contributed by atoms with Crippen LogP contribution in [0.5, 0.6) is 0 Å². The molecule has 1 N–H and O–H groups in total. The molecular formula is C15H21ClN2. The topological polar surface area (TPSA) is 24.9 Å². The molecule has 0 atom stereocenters. The van der Waals surface area contributed by atoms with Gasteiger partial charge in [-0.1, -0.05) is 24.4 Å². The van der Waals surface area contributed by atoms with Crippen LogP contribution in [-0.4, -0.2) is 11.0 Å². The number of anilines is 1. The third kappa shape index (κ3) is 2.64. The van der Waals surface area contributed by atoms with E-state index >= 15 is 0 Å². The molecule has 1 aromatic heterocycles. The second kappa shape index (κ2) is 5.08. The molecule has 2 aliphatic carbocycles. The second-order valence-corrected chi connectivity index (χ2v) is 6.38. The number of aromatic nitrogens is 1. The average molecular weight is 265 g/mol. The summed E-state index contributed by atoms with van der Waals surface area (Å²) in [6.45, 7) is 0. The van der Waals surface area contributed by atoms with Crippen molar-refractivity contribution in [1.82, 2.24) is 4.98 Å². The molecule has 3 heteroatoms. The van der Waals surface area contributed by atoms with Gasteiger partial charge in [0.25, 0.3) is 0 Å². The summed E-state index contributed by atoms with van der Waals surface area (Å²) in [7, 11) is 0. The van der Waals surface area contributed by atoms with E-state index in [9.17, 15) is 0 Å². The molecular weight excluding hydrogens is 244 g/mol. The summed E-state index contributed by atoms with van der Waals surface area (Å²) in [5.74, 6) is 0. The lowest BCUT2D eigenvalue weighted by Crippen LogP contribution is -2.31. The van der Waals surface area contributed by atoms with Crippen molar-refractivity contribution >= 4 is 17.3 Å². The summed E-state index contributed by atoms with van der Waals surface area (Å²) in [6.07, 6.45) is 13.1. The van der Waals surface area contributed by atoms with Crippen LogP contribution in [0.25, 0.3) is 0 Å². The number of halogens is 1. The molecule has 0 amide bonds. The van der Waals surface area contributed by atoms with Gasteiger partial charge in [-0.2, -0.15) is 0 Å². The molecule has 2 nitrogen and oxygen atoms in total. The molecule has 0 aromatic carbocycles. The van der Waals surface area contributed by atoms with E-state index in [2.05, 4.69) is 10.3 Å². The largest absolute Gasteiger partial charge is 0.381 e. The predicted molar refractivity (Wildman–Crippen MR) is 76.0 cm³/mol. The number of hydrogen-bond donors (Lipinski definition) is 1. The van der Waals surface area contributed by atoms with Gasteiger partial charge in [0, 0.05) is 6.04 Å². The summed E-state index contributed by atoms with van der Waals surface area (Å²) in [5.41, 5.74) is 1.82. The van der Waals surface area contributed by atoms with Gasteiger partial charge in [-0.25, -0.2) is 4.98 Å². The molecule has 1 spiro atoms. The van der Waals surface area contributed by atoms with Crippen LogP contribution in [0.15, 0.2) is 18.3 Å². The lowest BCUT2D eigenvalue weighted by atomic mass is 9.71. The van der Waals surface area contributed by atoms with E-state index in [4.69, 9.17) is 11.6 Å². The first-order valence-electron chi connectivity index (χ1n) is 7.14. The molecule has 18 heavy (non-hydrogen) atoms. The molecule has 1 heterocycles. The Hall–Kier alpha value is -0.760. The van der Waals surface area contributed by atoms with Crippen molar-refractivity contribution in [3.63, 3.8) is 0 Å². The van der Waals surface area contributed by atoms with Gasteiger partial charge in [-0.05, 0) is 56.1 Å². The van der Waals surface area contributed by atoms with E-state index in [0.29, 0.717) is 11.2 Å². The highest BCUT2D eigenvalue weighted by atomic mass is 35.5. The monoisotopic (exact) mass is 264 g/mol. The van der Waals surface area contributed by atoms with Gasteiger partial charge < -0.3 is 5.32 Å². The van der Waals surface area contributed by atoms with Crippen molar-refractivity contribution < 1.29 is 0 Å². The lowest BCUT2D eigenvalue weighted by molar-refractivity contribution is 0.188. The SMILES string of the molecule is Clc1ccc(NC2CCC3(CCCC3)CC2)cn1. The van der Waals surface area contributed by atoms with E-state index in [0.717, 1.165) is 11.1 Å². The summed E-state index contributed by atoms with van der Waals surface area (Å²) in [6, 6.07) is 4.50. The summed E-state index contributed by atoms with van der Waals surface area (Å²) in [4.78, 5) is 4.12. The maximum absolute atomic E-state index is 5.80. The average Bonchev–Trinajstić information content (AvgIpc) is 2.84. The highest BCUT2D eigenvalue weighted by Gasteiger charge is 2.37. The van der Waals surface area contributed by atoms with Crippen LogP contribution in [0.1, 0.15) is 51.4 Å². The molecule has 2 aliphatic rings. The lowest BCUT2D eigenvalue weighted by Gasteiger charge is -2.37. The molecule has 2 saturated carbocycles. The molecule has 2 fully saturated rings. The van der Waals surface area contributed by atoms with Crippen LogP contribution in [0.3, 0.4) is 0 Å². The van der Waals surface area contributed by atoms with E-state index in [-0.39, 0.29) is 0 Å². The van der Waals surface area contributed by atoms with Crippen LogP contribution in [0.2, 0.25) is 5.15 Å². The molecule has 0 saturated heterocycles. The summed E-state index contributed by atoms with van der Waals surface area (Å²) < 4.78 is 0. The molecule has 3 rings (SSSR count).